The Hall–Kier alpha value is -2.18. The van der Waals surface area contributed by atoms with E-state index in [-0.39, 0.29) is 11.9 Å². The van der Waals surface area contributed by atoms with Gasteiger partial charge in [0.05, 0.1) is 5.69 Å². The standard InChI is InChI=1S/C30H55N7/c1-3-5-7-9-10-11-12-13-14-15-16-17-18-20-22-24-27-33-26(23-21-19-8-6-4-2)25-37(27)30-35-28(31)34-29(32)36-30/h25H,3-24H2,1-2H3,(H4,31,32,34,35,36). The van der Waals surface area contributed by atoms with Crippen LogP contribution in [0.1, 0.15) is 154 Å². The number of aryl methyl sites for hydroxylation is 2. The lowest BCUT2D eigenvalue weighted by Gasteiger charge is -2.07. The van der Waals surface area contributed by atoms with Gasteiger partial charge in [-0.25, -0.2) is 4.98 Å². The maximum absolute atomic E-state index is 5.84. The van der Waals surface area contributed by atoms with Crippen molar-refractivity contribution in [3.63, 3.8) is 0 Å². The molecule has 210 valence electrons. The van der Waals surface area contributed by atoms with Crippen LogP contribution in [0.25, 0.3) is 5.95 Å². The van der Waals surface area contributed by atoms with E-state index in [0.717, 1.165) is 37.2 Å². The van der Waals surface area contributed by atoms with E-state index in [1.807, 2.05) is 4.57 Å². The second-order valence-corrected chi connectivity index (χ2v) is 10.7. The van der Waals surface area contributed by atoms with Crippen LogP contribution in [0.3, 0.4) is 0 Å². The van der Waals surface area contributed by atoms with Gasteiger partial charge < -0.3 is 11.5 Å². The summed E-state index contributed by atoms with van der Waals surface area (Å²) in [7, 11) is 0. The Labute approximate surface area is 226 Å². The van der Waals surface area contributed by atoms with Gasteiger partial charge in [-0.2, -0.15) is 15.0 Å². The van der Waals surface area contributed by atoms with Crippen molar-refractivity contribution in [3.05, 3.63) is 17.7 Å². The Morgan fingerprint density at radius 1 is 0.514 bits per heavy atom. The summed E-state index contributed by atoms with van der Waals surface area (Å²) in [5.74, 6) is 1.78. The van der Waals surface area contributed by atoms with E-state index >= 15 is 0 Å². The molecule has 7 nitrogen and oxygen atoms in total. The van der Waals surface area contributed by atoms with Crippen LogP contribution in [0, 0.1) is 0 Å². The summed E-state index contributed by atoms with van der Waals surface area (Å²) in [6, 6.07) is 0. The van der Waals surface area contributed by atoms with Gasteiger partial charge in [0.15, 0.2) is 0 Å². The molecule has 0 aliphatic carbocycles. The first kappa shape index (κ1) is 31.0. The van der Waals surface area contributed by atoms with Crippen LogP contribution in [-0.4, -0.2) is 24.5 Å². The molecule has 0 aliphatic heterocycles. The topological polar surface area (TPSA) is 109 Å². The number of nitrogen functional groups attached to an aromatic ring is 2. The second-order valence-electron chi connectivity index (χ2n) is 10.7. The molecule has 7 heteroatoms. The van der Waals surface area contributed by atoms with Gasteiger partial charge in [-0.15, -0.1) is 0 Å². The van der Waals surface area contributed by atoms with Crippen LogP contribution in [0.2, 0.25) is 0 Å². The van der Waals surface area contributed by atoms with Crippen molar-refractivity contribution in [1.29, 1.82) is 0 Å². The van der Waals surface area contributed by atoms with Crippen molar-refractivity contribution in [2.45, 2.75) is 155 Å². The van der Waals surface area contributed by atoms with Gasteiger partial charge >= 0.3 is 0 Å². The molecule has 0 fully saturated rings. The van der Waals surface area contributed by atoms with E-state index in [2.05, 4.69) is 35.0 Å². The molecule has 0 saturated heterocycles. The number of imidazole rings is 1. The Morgan fingerprint density at radius 2 is 0.919 bits per heavy atom. The van der Waals surface area contributed by atoms with Gasteiger partial charge in [0.25, 0.3) is 0 Å². The minimum absolute atomic E-state index is 0.148. The zero-order valence-electron chi connectivity index (χ0n) is 24.0. The number of unbranched alkanes of at least 4 members (excludes halogenated alkanes) is 18. The number of nitrogens with zero attached hydrogens (tertiary/aromatic N) is 5. The Kier molecular flexibility index (Phi) is 16.7. The lowest BCUT2D eigenvalue weighted by molar-refractivity contribution is 0.531. The number of nitrogens with two attached hydrogens (primary N) is 2. The lowest BCUT2D eigenvalue weighted by atomic mass is 10.0. The van der Waals surface area contributed by atoms with E-state index in [9.17, 15) is 0 Å². The number of aromatic nitrogens is 5. The lowest BCUT2D eigenvalue weighted by Crippen LogP contribution is -2.10. The molecule has 0 saturated carbocycles. The molecule has 2 aromatic heterocycles. The summed E-state index contributed by atoms with van der Waals surface area (Å²) < 4.78 is 1.97. The maximum Gasteiger partial charge on any atom is 0.241 e. The first-order chi connectivity index (χ1) is 18.1. The van der Waals surface area contributed by atoms with Crippen molar-refractivity contribution >= 4 is 11.9 Å². The van der Waals surface area contributed by atoms with Gasteiger partial charge in [-0.05, 0) is 19.3 Å². The first-order valence-corrected chi connectivity index (χ1v) is 15.5. The van der Waals surface area contributed by atoms with E-state index in [1.165, 1.54) is 116 Å². The number of hydrogen-bond acceptors (Lipinski definition) is 6. The third kappa shape index (κ3) is 13.8. The van der Waals surface area contributed by atoms with E-state index in [1.54, 1.807) is 0 Å². The van der Waals surface area contributed by atoms with E-state index in [4.69, 9.17) is 16.5 Å². The molecule has 37 heavy (non-hydrogen) atoms. The summed E-state index contributed by atoms with van der Waals surface area (Å²) in [5, 5.41) is 0. The molecule has 2 heterocycles. The first-order valence-electron chi connectivity index (χ1n) is 15.5. The fourth-order valence-corrected chi connectivity index (χ4v) is 5.01. The van der Waals surface area contributed by atoms with Gasteiger partial charge in [0.2, 0.25) is 17.8 Å². The summed E-state index contributed by atoms with van der Waals surface area (Å²) in [5.41, 5.74) is 12.8. The summed E-state index contributed by atoms with van der Waals surface area (Å²) in [6.45, 7) is 4.53. The van der Waals surface area contributed by atoms with E-state index < -0.39 is 0 Å². The minimum atomic E-state index is 0.148. The average Bonchev–Trinajstić information content (AvgIpc) is 3.28. The van der Waals surface area contributed by atoms with Crippen molar-refractivity contribution in [1.82, 2.24) is 24.5 Å². The molecular weight excluding hydrogens is 458 g/mol. The quantitative estimate of drug-likeness (QED) is 0.145. The molecule has 0 radical (unpaired) electrons. The van der Waals surface area contributed by atoms with Gasteiger partial charge in [0.1, 0.15) is 5.82 Å². The molecule has 0 unspecified atom stereocenters. The predicted octanol–water partition coefficient (Wildman–Crippen LogP) is 8.15. The molecule has 2 rings (SSSR count). The summed E-state index contributed by atoms with van der Waals surface area (Å²) in [4.78, 5) is 17.5. The molecule has 0 spiro atoms. The second kappa shape index (κ2) is 19.9. The molecule has 0 amide bonds. The highest BCUT2D eigenvalue weighted by Crippen LogP contribution is 2.18. The van der Waals surface area contributed by atoms with Gasteiger partial charge in [-0.1, -0.05) is 129 Å². The van der Waals surface area contributed by atoms with Crippen LogP contribution in [0.15, 0.2) is 6.20 Å². The third-order valence-corrected chi connectivity index (χ3v) is 7.24. The fraction of sp³-hybridized carbons (Fsp3) is 0.800. The highest BCUT2D eigenvalue weighted by Gasteiger charge is 2.13. The normalized spacial score (nSPS) is 11.4. The Balaban J connectivity index is 1.67. The van der Waals surface area contributed by atoms with Crippen LogP contribution >= 0.6 is 0 Å². The van der Waals surface area contributed by atoms with Crippen molar-refractivity contribution in [2.24, 2.45) is 0 Å². The molecule has 4 N–H and O–H groups in total. The predicted molar refractivity (Wildman–Crippen MR) is 157 cm³/mol. The SMILES string of the molecule is CCCCCCCCCCCCCCCCCc1nc(CCCCCCC)cn1-c1nc(N)nc(N)n1. The summed E-state index contributed by atoms with van der Waals surface area (Å²) in [6.07, 6.45) is 30.8. The number of rotatable bonds is 23. The molecule has 0 atom stereocenters. The minimum Gasteiger partial charge on any atom is -0.368 e. The highest BCUT2D eigenvalue weighted by molar-refractivity contribution is 5.32. The van der Waals surface area contributed by atoms with Crippen LogP contribution in [-0.2, 0) is 12.8 Å². The molecule has 0 aliphatic rings. The van der Waals surface area contributed by atoms with Crippen molar-refractivity contribution in [2.75, 3.05) is 11.5 Å². The zero-order chi connectivity index (χ0) is 26.6. The fourth-order valence-electron chi connectivity index (χ4n) is 5.01. The maximum atomic E-state index is 5.84. The number of anilines is 2. The molecule has 2 aromatic rings. The smallest absolute Gasteiger partial charge is 0.241 e. The van der Waals surface area contributed by atoms with Crippen LogP contribution in [0.5, 0.6) is 0 Å². The van der Waals surface area contributed by atoms with E-state index in [0.29, 0.717) is 5.95 Å². The highest BCUT2D eigenvalue weighted by atomic mass is 15.3. The van der Waals surface area contributed by atoms with Crippen LogP contribution in [0.4, 0.5) is 11.9 Å². The van der Waals surface area contributed by atoms with Gasteiger partial charge in [-0.3, -0.25) is 4.57 Å². The summed E-state index contributed by atoms with van der Waals surface area (Å²) >= 11 is 0. The largest absolute Gasteiger partial charge is 0.368 e. The Bertz CT molecular complexity index is 813. The van der Waals surface area contributed by atoms with Crippen LogP contribution < -0.4 is 11.5 Å². The number of hydrogen-bond donors (Lipinski definition) is 2. The Morgan fingerprint density at radius 3 is 1.38 bits per heavy atom. The van der Waals surface area contributed by atoms with Gasteiger partial charge in [0, 0.05) is 12.6 Å². The molecule has 0 aromatic carbocycles. The third-order valence-electron chi connectivity index (χ3n) is 7.24. The molecule has 0 bridgehead atoms. The van der Waals surface area contributed by atoms with Crippen molar-refractivity contribution < 1.29 is 0 Å². The average molecular weight is 514 g/mol. The zero-order valence-corrected chi connectivity index (χ0v) is 24.0. The monoisotopic (exact) mass is 513 g/mol. The molecular formula is C30H55N7. The van der Waals surface area contributed by atoms with Crippen molar-refractivity contribution in [3.8, 4) is 5.95 Å².